The summed E-state index contributed by atoms with van der Waals surface area (Å²) < 4.78 is 0. The molecule has 104 heavy (non-hydrogen) atoms. The molecule has 420 valence electrons. The van der Waals surface area contributed by atoms with Gasteiger partial charge in [-0.3, -0.25) is 0 Å². The summed E-state index contributed by atoms with van der Waals surface area (Å²) in [6.07, 6.45) is 0. The highest BCUT2D eigenvalue weighted by molar-refractivity contribution is 5.02. The van der Waals surface area contributed by atoms with E-state index in [-0.39, 0.29) is 0 Å². The Morgan fingerprint density at radius 2 is 0.0769 bits per heavy atom. The molecule has 0 N–H and O–H groups in total. The summed E-state index contributed by atoms with van der Waals surface area (Å²) in [4.78, 5) is 0. The number of hydrogen-bond acceptors (Lipinski definition) is 0. The van der Waals surface area contributed by atoms with Crippen molar-refractivity contribution >= 4 is 0 Å². The van der Waals surface area contributed by atoms with Crippen LogP contribution in [0.2, 0.25) is 0 Å². The maximum absolute atomic E-state index is 3.32. The molecule has 0 saturated carbocycles. The molecule has 0 aliphatic rings. The molecule has 0 heterocycles. The van der Waals surface area contributed by atoms with Crippen molar-refractivity contribution in [3.63, 3.8) is 0 Å². The molecule has 0 aromatic carbocycles. The Bertz CT molecular complexity index is 7850. The molecule has 0 rings (SSSR count). The lowest BCUT2D eigenvalue weighted by atomic mass is 10.6. The SMILES string of the molecule is C=C=C=C=C=C=C=C=C=C=C=C=C=C=C=C=C=C=C=C=C=C=C=C=C=C=C=C=C=C=C=C=C=C=C=C=C=C=C=C=C=C=C=C=C=C=C=C=C=C=C=C=C=C=C=C=C=C=C=C=C=C=C=C=C=C=C=C=C=C=C=C=C=C=C=C=C=C=C=C=C=C=C=C=C=C=C=C=C=C=C=C=C=C=C=C=C=C=C=C=C=C=C=C. The largest absolute Gasteiger partial charge is 0.0687 e. The van der Waals surface area contributed by atoms with Crippen LogP contribution in [0.15, 0.2) is 598 Å². The van der Waals surface area contributed by atoms with Crippen molar-refractivity contribution in [1.82, 2.24) is 0 Å². The van der Waals surface area contributed by atoms with Crippen molar-refractivity contribution in [3.8, 4) is 0 Å². The van der Waals surface area contributed by atoms with Crippen molar-refractivity contribution in [2.75, 3.05) is 0 Å². The number of hydrogen-bond donors (Lipinski definition) is 0. The molecule has 0 aromatic heterocycles. The van der Waals surface area contributed by atoms with Gasteiger partial charge in [-0.1, -0.05) is 11.5 Å². The fraction of sp³-hybridized carbons (Fsp3) is 0. The zero-order chi connectivity index (χ0) is 74.1. The molecule has 0 unspecified atom stereocenters. The van der Waals surface area contributed by atoms with Crippen LogP contribution in [0.3, 0.4) is 0 Å². The highest BCUT2D eigenvalue weighted by Crippen LogP contribution is 1.67. The van der Waals surface area contributed by atoms with Crippen LogP contribution in [0.5, 0.6) is 0 Å². The second-order valence-electron chi connectivity index (χ2n) is 12.9. The first-order valence-corrected chi connectivity index (χ1v) is 26.0. The van der Waals surface area contributed by atoms with Crippen molar-refractivity contribution in [3.05, 3.63) is 598 Å². The van der Waals surface area contributed by atoms with Crippen molar-refractivity contribution in [1.29, 1.82) is 0 Å². The van der Waals surface area contributed by atoms with Gasteiger partial charge in [-0.05, 0) is 105 Å². The summed E-state index contributed by atoms with van der Waals surface area (Å²) in [5, 5.41) is 0. The van der Waals surface area contributed by atoms with Crippen LogP contribution < -0.4 is 0 Å². The Hall–Kier alpha value is -22.7. The molecule has 0 aliphatic carbocycles. The number of rotatable bonds is 0. The molecule has 0 aliphatic heterocycles. The van der Waals surface area contributed by atoms with Crippen molar-refractivity contribution in [2.24, 2.45) is 0 Å². The summed E-state index contributed by atoms with van der Waals surface area (Å²) in [5.74, 6) is 0. The van der Waals surface area contributed by atoms with Gasteiger partial charge in [0, 0.05) is 481 Å². The van der Waals surface area contributed by atoms with E-state index in [0.29, 0.717) is 0 Å². The van der Waals surface area contributed by atoms with Crippen molar-refractivity contribution in [2.45, 2.75) is 0 Å². The molecule has 0 saturated heterocycles. The highest BCUT2D eigenvalue weighted by Gasteiger charge is 1.51. The monoisotopic (exact) mass is 1250 g/mol. The lowest BCUT2D eigenvalue weighted by Gasteiger charge is -1.41. The predicted octanol–water partition coefficient (Wildman–Crippen LogP) is 16.6. The molecule has 0 aromatic rings. The van der Waals surface area contributed by atoms with Crippen LogP contribution in [0.1, 0.15) is 0 Å². The Morgan fingerprint density at radius 3 is 0.106 bits per heavy atom. The Kier molecular flexibility index (Phi) is 62.8. The molecule has 0 atom stereocenters. The standard InChI is InChI=1S/C104H4/c1-3-5-7-9-11-13-15-17-19-21-23-25-27-29-31-33-35-37-39-41-43-45-47-49-51-53-55-57-59-61-63-65-67-69-71-73-75-77-79-81-83-85-87-89-91-93-95-97-99-101-103-104-102-100-98-96-94-92-90-88-86-84-82-80-78-76-74-72-70-68-66-64-62-60-58-56-54-52-50-48-46-44-42-40-38-36-34-32-30-28-26-24-22-20-18-16-14-12-10-8-6-4-2/h1-2H2. The molecule has 0 bridgehead atoms. The first-order valence-electron chi connectivity index (χ1n) is 26.0. The molecule has 0 nitrogen and oxygen atoms in total. The third-order valence-corrected chi connectivity index (χ3v) is 6.36. The molecule has 0 heteroatoms. The van der Waals surface area contributed by atoms with E-state index in [9.17, 15) is 0 Å². The fourth-order valence-corrected chi connectivity index (χ4v) is 3.15. The van der Waals surface area contributed by atoms with Gasteiger partial charge in [-0.25, -0.2) is 0 Å². The lowest BCUT2D eigenvalue weighted by Crippen LogP contribution is -1.26. The van der Waals surface area contributed by atoms with E-state index in [1.807, 2.05) is 0 Å². The minimum Gasteiger partial charge on any atom is -0.0687 e. The Labute approximate surface area is 593 Å². The van der Waals surface area contributed by atoms with Crippen LogP contribution in [0, 0.1) is 0 Å². The lowest BCUT2D eigenvalue weighted by molar-refractivity contribution is 2.10. The zero-order valence-electron chi connectivity index (χ0n) is 52.4. The smallest absolute Gasteiger partial charge is 0 e. The van der Waals surface area contributed by atoms with Crippen LogP contribution >= 0.6 is 0 Å². The van der Waals surface area contributed by atoms with Crippen LogP contribution in [-0.2, 0) is 0 Å². The van der Waals surface area contributed by atoms with Gasteiger partial charge in [0.05, 0.1) is 0 Å². The second kappa shape index (κ2) is 80.3. The van der Waals surface area contributed by atoms with Gasteiger partial charge in [0.2, 0.25) is 0 Å². The quantitative estimate of drug-likeness (QED) is 0.212. The van der Waals surface area contributed by atoms with Crippen LogP contribution in [0.25, 0.3) is 0 Å². The van der Waals surface area contributed by atoms with Crippen LogP contribution in [0.4, 0.5) is 0 Å². The van der Waals surface area contributed by atoms with E-state index in [1.54, 1.807) is 0 Å². The van der Waals surface area contributed by atoms with Gasteiger partial charge < -0.3 is 0 Å². The second-order valence-corrected chi connectivity index (χ2v) is 12.9. The maximum Gasteiger partial charge on any atom is 0 e. The summed E-state index contributed by atoms with van der Waals surface area (Å²) in [6, 6.07) is 0. The van der Waals surface area contributed by atoms with Gasteiger partial charge >= 0.3 is 0 Å². The molecule has 0 radical (unpaired) electrons. The summed E-state index contributed by atoms with van der Waals surface area (Å²) in [7, 11) is 0. The first kappa shape index (κ1) is 81.3. The van der Waals surface area contributed by atoms with E-state index in [0.717, 1.165) is 0 Å². The average molecular weight is 1250 g/mol. The van der Waals surface area contributed by atoms with Crippen LogP contribution in [-0.4, -0.2) is 0 Å². The van der Waals surface area contributed by atoms with Gasteiger partial charge in [0.25, 0.3) is 0 Å². The fourth-order valence-electron chi connectivity index (χ4n) is 3.15. The van der Waals surface area contributed by atoms with E-state index in [4.69, 9.17) is 0 Å². The summed E-state index contributed by atoms with van der Waals surface area (Å²) >= 11 is 0. The van der Waals surface area contributed by atoms with Gasteiger partial charge in [0.1, 0.15) is 0 Å². The van der Waals surface area contributed by atoms with E-state index in [1.165, 1.54) is 0 Å². The normalized spacial score (nSPS) is 3.96. The van der Waals surface area contributed by atoms with Gasteiger partial charge in [-0.2, -0.15) is 0 Å². The van der Waals surface area contributed by atoms with E-state index >= 15 is 0 Å². The average Bonchev–Trinajstić information content (AvgIpc) is 3.68. The predicted molar refractivity (Wildman–Crippen MR) is 370 cm³/mol. The molecule has 0 spiro atoms. The Balaban J connectivity index is 6.18. The third-order valence-electron chi connectivity index (χ3n) is 6.36. The minimum absolute atomic E-state index is 2.37. The van der Waals surface area contributed by atoms with E-state index in [2.05, 4.69) is 598 Å². The summed E-state index contributed by atoms with van der Waals surface area (Å²) in [5.41, 5.74) is 254. The molecule has 0 fully saturated rings. The Morgan fingerprint density at radius 1 is 0.0481 bits per heavy atom. The molecular weight excluding hydrogens is 1250 g/mol. The molecule has 0 amide bonds. The van der Waals surface area contributed by atoms with Gasteiger partial charge in [0.15, 0.2) is 0 Å². The minimum atomic E-state index is 2.37. The third kappa shape index (κ3) is 79.3. The summed E-state index contributed by atoms with van der Waals surface area (Å²) in [6.45, 7) is 6.64. The zero-order valence-corrected chi connectivity index (χ0v) is 52.4. The molecular formula is C104H4. The van der Waals surface area contributed by atoms with Gasteiger partial charge in [-0.15, -0.1) is 0 Å². The van der Waals surface area contributed by atoms with E-state index < -0.39 is 0 Å². The highest BCUT2D eigenvalue weighted by atomic mass is 13.5. The van der Waals surface area contributed by atoms with Crippen molar-refractivity contribution < 1.29 is 0 Å². The maximum atomic E-state index is 3.32. The first-order chi connectivity index (χ1) is 51.9. The topological polar surface area (TPSA) is 0 Å².